The molecule has 190 valence electrons. The van der Waals surface area contributed by atoms with Crippen LogP contribution in [0.15, 0.2) is 85.2 Å². The summed E-state index contributed by atoms with van der Waals surface area (Å²) in [6.45, 7) is 1.82. The predicted octanol–water partition coefficient (Wildman–Crippen LogP) is 7.28. The summed E-state index contributed by atoms with van der Waals surface area (Å²) in [5.41, 5.74) is 5.25. The molecular formula is C31H22ClN5O2. The van der Waals surface area contributed by atoms with Gasteiger partial charge in [-0.25, -0.2) is 9.78 Å². The number of fused-ring (bicyclic) bond motifs is 1. The number of carbonyl (C=O) groups excluding carboxylic acids is 2. The monoisotopic (exact) mass is 531 g/mol. The maximum absolute atomic E-state index is 13.3. The lowest BCUT2D eigenvalue weighted by Crippen LogP contribution is -2.31. The van der Waals surface area contributed by atoms with Crippen molar-refractivity contribution in [1.29, 1.82) is 5.26 Å². The number of nitrogens with zero attached hydrogens (tertiary/aromatic N) is 4. The average molecular weight is 532 g/mol. The number of halogens is 1. The Labute approximate surface area is 230 Å². The number of hydrogen-bond acceptors (Lipinski definition) is 5. The minimum atomic E-state index is -0.434. The number of hydrogen-bond donors (Lipinski definition) is 1. The van der Waals surface area contributed by atoms with Crippen LogP contribution in [-0.2, 0) is 0 Å². The fraction of sp³-hybridized carbons (Fsp3) is 0.0645. The van der Waals surface area contributed by atoms with Crippen molar-refractivity contribution in [2.24, 2.45) is 0 Å². The fourth-order valence-corrected chi connectivity index (χ4v) is 4.82. The third kappa shape index (κ3) is 5.06. The molecule has 7 nitrogen and oxygen atoms in total. The molecule has 0 aliphatic carbocycles. The van der Waals surface area contributed by atoms with Crippen LogP contribution < -0.4 is 10.2 Å². The van der Waals surface area contributed by atoms with Crippen LogP contribution >= 0.6 is 11.6 Å². The number of amides is 2. The number of aromatic nitrogens is 2. The number of nitrogens with one attached hydrogen (secondary N) is 1. The van der Waals surface area contributed by atoms with E-state index in [0.29, 0.717) is 50.8 Å². The van der Waals surface area contributed by atoms with Gasteiger partial charge in [0, 0.05) is 45.9 Å². The van der Waals surface area contributed by atoms with Crippen molar-refractivity contribution < 1.29 is 9.59 Å². The van der Waals surface area contributed by atoms with E-state index < -0.39 is 6.03 Å². The smallest absolute Gasteiger partial charge is 0.307 e. The first kappa shape index (κ1) is 25.6. The zero-order chi connectivity index (χ0) is 27.5. The van der Waals surface area contributed by atoms with Crippen LogP contribution in [0.25, 0.3) is 33.0 Å². The number of nitriles is 1. The topological polar surface area (TPSA) is 99.0 Å². The Bertz CT molecular complexity index is 1790. The van der Waals surface area contributed by atoms with Gasteiger partial charge in [0.25, 0.3) is 0 Å². The zero-order valence-electron chi connectivity index (χ0n) is 21.1. The van der Waals surface area contributed by atoms with Crippen LogP contribution in [0, 0.1) is 18.3 Å². The van der Waals surface area contributed by atoms with Crippen LogP contribution in [-0.4, -0.2) is 29.3 Å². The minimum Gasteiger partial charge on any atom is -0.307 e. The van der Waals surface area contributed by atoms with E-state index in [1.807, 2.05) is 49.4 Å². The van der Waals surface area contributed by atoms with Gasteiger partial charge in [-0.05, 0) is 53.9 Å². The normalized spacial score (nSPS) is 10.6. The lowest BCUT2D eigenvalue weighted by atomic mass is 9.93. The molecule has 39 heavy (non-hydrogen) atoms. The quantitative estimate of drug-likeness (QED) is 0.240. The van der Waals surface area contributed by atoms with Crippen molar-refractivity contribution in [2.45, 2.75) is 6.92 Å². The molecule has 0 bridgehead atoms. The first-order chi connectivity index (χ1) is 18.9. The molecule has 0 aliphatic heterocycles. The van der Waals surface area contributed by atoms with E-state index in [4.69, 9.17) is 11.6 Å². The minimum absolute atomic E-state index is 0.297. The van der Waals surface area contributed by atoms with E-state index in [0.717, 1.165) is 21.9 Å². The SMILES string of the molecule is Cc1cc(-c2cccc(Cl)c2-c2ccc(C=O)c(NC(=O)N(C)c3cncc4ccccc34)c2)cc(C#N)n1. The maximum Gasteiger partial charge on any atom is 0.326 e. The third-order valence-electron chi connectivity index (χ3n) is 6.42. The number of urea groups is 1. The number of aryl methyl sites for hydroxylation is 1. The lowest BCUT2D eigenvalue weighted by molar-refractivity contribution is 0.112. The third-order valence-corrected chi connectivity index (χ3v) is 6.73. The molecular weight excluding hydrogens is 510 g/mol. The van der Waals surface area contributed by atoms with Crippen LogP contribution in [0.4, 0.5) is 16.2 Å². The Kier molecular flexibility index (Phi) is 7.04. The Balaban J connectivity index is 1.55. The summed E-state index contributed by atoms with van der Waals surface area (Å²) in [7, 11) is 1.65. The lowest BCUT2D eigenvalue weighted by Gasteiger charge is -2.21. The van der Waals surface area contributed by atoms with Gasteiger partial charge in [0.1, 0.15) is 11.8 Å². The molecule has 1 N–H and O–H groups in total. The summed E-state index contributed by atoms with van der Waals surface area (Å²) in [6.07, 6.45) is 4.06. The highest BCUT2D eigenvalue weighted by atomic mass is 35.5. The van der Waals surface area contributed by atoms with E-state index in [1.54, 1.807) is 49.8 Å². The van der Waals surface area contributed by atoms with Gasteiger partial charge >= 0.3 is 6.03 Å². The van der Waals surface area contributed by atoms with E-state index >= 15 is 0 Å². The van der Waals surface area contributed by atoms with Crippen molar-refractivity contribution >= 4 is 46.1 Å². The summed E-state index contributed by atoms with van der Waals surface area (Å²) >= 11 is 6.69. The van der Waals surface area contributed by atoms with E-state index in [2.05, 4.69) is 21.4 Å². The fourth-order valence-electron chi connectivity index (χ4n) is 4.54. The molecule has 8 heteroatoms. The van der Waals surface area contributed by atoms with E-state index in [1.165, 1.54) is 4.90 Å². The first-order valence-electron chi connectivity index (χ1n) is 12.0. The Morgan fingerprint density at radius 3 is 2.64 bits per heavy atom. The molecule has 2 aromatic heterocycles. The molecule has 2 heterocycles. The molecule has 5 rings (SSSR count). The number of carbonyl (C=O) groups is 2. The van der Waals surface area contributed by atoms with Gasteiger partial charge < -0.3 is 5.32 Å². The highest BCUT2D eigenvalue weighted by Gasteiger charge is 2.18. The standard InChI is InChI=1S/C31H22ClN5O2/c1-19-12-23(13-24(15-33)35-19)26-8-5-9-27(32)30(26)20-10-11-22(18-38)28(14-20)36-31(39)37(2)29-17-34-16-21-6-3-4-7-25(21)29/h3-14,16-18H,1-2H3,(H,36,39). The molecule has 0 saturated carbocycles. The van der Waals surface area contributed by atoms with Crippen LogP contribution in [0.5, 0.6) is 0 Å². The van der Waals surface area contributed by atoms with Crippen molar-refractivity contribution in [1.82, 2.24) is 9.97 Å². The van der Waals surface area contributed by atoms with Crippen LogP contribution in [0.3, 0.4) is 0 Å². The van der Waals surface area contributed by atoms with Crippen molar-refractivity contribution in [3.05, 3.63) is 107 Å². The van der Waals surface area contributed by atoms with Gasteiger partial charge in [-0.2, -0.15) is 5.26 Å². The number of anilines is 2. The molecule has 5 aromatic rings. The molecule has 2 amide bonds. The molecule has 0 atom stereocenters. The van der Waals surface area contributed by atoms with E-state index in [9.17, 15) is 14.9 Å². The summed E-state index contributed by atoms with van der Waals surface area (Å²) in [5, 5.41) is 14.6. The Morgan fingerprint density at radius 1 is 1.03 bits per heavy atom. The molecule has 0 fully saturated rings. The van der Waals surface area contributed by atoms with Crippen molar-refractivity contribution in [3.8, 4) is 28.3 Å². The molecule has 0 unspecified atom stereocenters. The summed E-state index contributed by atoms with van der Waals surface area (Å²) in [6, 6.07) is 23.6. The van der Waals surface area contributed by atoms with Gasteiger partial charge in [0.2, 0.25) is 0 Å². The molecule has 0 aliphatic rings. The number of aldehydes is 1. The van der Waals surface area contributed by atoms with Crippen LogP contribution in [0.1, 0.15) is 21.7 Å². The second-order valence-corrected chi connectivity index (χ2v) is 9.35. The zero-order valence-corrected chi connectivity index (χ0v) is 21.9. The van der Waals surface area contributed by atoms with E-state index in [-0.39, 0.29) is 0 Å². The second-order valence-electron chi connectivity index (χ2n) is 8.95. The second kappa shape index (κ2) is 10.7. The van der Waals surface area contributed by atoms with Crippen molar-refractivity contribution in [2.75, 3.05) is 17.3 Å². The summed E-state index contributed by atoms with van der Waals surface area (Å²) in [5.74, 6) is 0. The van der Waals surface area contributed by atoms with Gasteiger partial charge in [0.05, 0.1) is 17.6 Å². The first-order valence-corrected chi connectivity index (χ1v) is 12.4. The highest BCUT2D eigenvalue weighted by Crippen LogP contribution is 2.39. The molecule has 0 saturated heterocycles. The predicted molar refractivity (Wildman–Crippen MR) is 154 cm³/mol. The van der Waals surface area contributed by atoms with Gasteiger partial charge in [-0.3, -0.25) is 14.7 Å². The number of pyridine rings is 2. The maximum atomic E-state index is 13.3. The van der Waals surface area contributed by atoms with Gasteiger partial charge in [-0.1, -0.05) is 54.1 Å². The van der Waals surface area contributed by atoms with Gasteiger partial charge in [0.15, 0.2) is 6.29 Å². The Hall–Kier alpha value is -5.06. The van der Waals surface area contributed by atoms with Crippen LogP contribution in [0.2, 0.25) is 5.02 Å². The average Bonchev–Trinajstić information content (AvgIpc) is 2.96. The number of benzene rings is 3. The van der Waals surface area contributed by atoms with Crippen molar-refractivity contribution in [3.63, 3.8) is 0 Å². The summed E-state index contributed by atoms with van der Waals surface area (Å²) < 4.78 is 0. The Morgan fingerprint density at radius 2 is 1.85 bits per heavy atom. The highest BCUT2D eigenvalue weighted by molar-refractivity contribution is 6.34. The van der Waals surface area contributed by atoms with Gasteiger partial charge in [-0.15, -0.1) is 0 Å². The molecule has 0 radical (unpaired) electrons. The largest absolute Gasteiger partial charge is 0.326 e. The summed E-state index contributed by atoms with van der Waals surface area (Å²) in [4.78, 5) is 35.2. The number of rotatable bonds is 5. The molecule has 3 aromatic carbocycles. The molecule has 0 spiro atoms.